The van der Waals surface area contributed by atoms with Gasteiger partial charge < -0.3 is 14.8 Å². The maximum Gasteiger partial charge on any atom is 0.254 e. The molecular weight excluding hydrogens is 306 g/mol. The van der Waals surface area contributed by atoms with Gasteiger partial charge in [0.2, 0.25) is 0 Å². The lowest BCUT2D eigenvalue weighted by Crippen LogP contribution is -2.40. The van der Waals surface area contributed by atoms with E-state index in [1.165, 1.54) is 35.2 Å². The summed E-state index contributed by atoms with van der Waals surface area (Å²) in [6.45, 7) is 0.109. The summed E-state index contributed by atoms with van der Waals surface area (Å²) in [6.07, 6.45) is 2.82. The van der Waals surface area contributed by atoms with Gasteiger partial charge in [0.1, 0.15) is 11.9 Å². The number of rotatable bonds is 5. The fraction of sp³-hybridized carbons (Fsp3) is 0.133. The average molecular weight is 319 g/mol. The Morgan fingerprint density at radius 2 is 1.86 bits per heavy atom. The lowest BCUT2D eigenvalue weighted by molar-refractivity contribution is 0.0739. The number of hydrogen-bond acceptors (Lipinski definition) is 5. The van der Waals surface area contributed by atoms with Crippen molar-refractivity contribution in [3.63, 3.8) is 0 Å². The fourth-order valence-corrected chi connectivity index (χ4v) is 3.77. The second-order valence-corrected chi connectivity index (χ2v) is 6.40. The molecule has 0 aromatic carbocycles. The van der Waals surface area contributed by atoms with Gasteiger partial charge in [0.25, 0.3) is 5.91 Å². The molecule has 0 atom stereocenters. The molecule has 0 aliphatic carbocycles. The molecular formula is C15H13NO3S2. The maximum absolute atomic E-state index is 12.0. The first-order chi connectivity index (χ1) is 10.2. The lowest BCUT2D eigenvalue weighted by Gasteiger charge is -2.26. The van der Waals surface area contributed by atoms with Crippen LogP contribution in [-0.2, 0) is 5.60 Å². The summed E-state index contributed by atoms with van der Waals surface area (Å²) in [7, 11) is 0. The van der Waals surface area contributed by atoms with Crippen molar-refractivity contribution in [2.75, 3.05) is 6.54 Å². The molecule has 2 N–H and O–H groups in total. The van der Waals surface area contributed by atoms with Crippen LogP contribution in [0.15, 0.2) is 58.0 Å². The highest BCUT2D eigenvalue weighted by molar-refractivity contribution is 7.11. The minimum atomic E-state index is -1.21. The highest BCUT2D eigenvalue weighted by atomic mass is 32.1. The Labute approximate surface area is 129 Å². The normalized spacial score (nSPS) is 11.5. The first-order valence-corrected chi connectivity index (χ1v) is 8.07. The monoisotopic (exact) mass is 319 g/mol. The largest absolute Gasteiger partial charge is 0.472 e. The molecule has 0 unspecified atom stereocenters. The Balaban J connectivity index is 1.83. The Bertz CT molecular complexity index is 653. The third kappa shape index (κ3) is 2.78. The van der Waals surface area contributed by atoms with Crippen LogP contribution in [0.3, 0.4) is 0 Å². The van der Waals surface area contributed by atoms with Gasteiger partial charge >= 0.3 is 0 Å². The molecule has 0 fully saturated rings. The smallest absolute Gasteiger partial charge is 0.254 e. The fourth-order valence-electron chi connectivity index (χ4n) is 2.03. The molecule has 3 aromatic heterocycles. The summed E-state index contributed by atoms with van der Waals surface area (Å²) < 4.78 is 4.89. The van der Waals surface area contributed by atoms with E-state index in [1.807, 2.05) is 35.0 Å². The van der Waals surface area contributed by atoms with E-state index in [0.717, 1.165) is 9.75 Å². The van der Waals surface area contributed by atoms with Crippen LogP contribution in [0.2, 0.25) is 0 Å². The van der Waals surface area contributed by atoms with Gasteiger partial charge in [-0.3, -0.25) is 4.79 Å². The van der Waals surface area contributed by atoms with E-state index in [-0.39, 0.29) is 12.5 Å². The zero-order valence-electron chi connectivity index (χ0n) is 11.0. The summed E-state index contributed by atoms with van der Waals surface area (Å²) in [6, 6.07) is 9.10. The van der Waals surface area contributed by atoms with Gasteiger partial charge in [0.15, 0.2) is 0 Å². The predicted molar refractivity (Wildman–Crippen MR) is 82.7 cm³/mol. The van der Waals surface area contributed by atoms with Crippen molar-refractivity contribution in [1.29, 1.82) is 0 Å². The van der Waals surface area contributed by atoms with Crippen LogP contribution < -0.4 is 5.32 Å². The Hall–Kier alpha value is -1.89. The number of hydrogen-bond donors (Lipinski definition) is 2. The highest BCUT2D eigenvalue weighted by Crippen LogP contribution is 2.35. The van der Waals surface area contributed by atoms with Crippen LogP contribution in [-0.4, -0.2) is 17.6 Å². The van der Waals surface area contributed by atoms with Crippen LogP contribution in [0.5, 0.6) is 0 Å². The number of furan rings is 1. The number of carbonyl (C=O) groups is 1. The van der Waals surface area contributed by atoms with Crippen LogP contribution in [0, 0.1) is 0 Å². The van der Waals surface area contributed by atoms with Crippen molar-refractivity contribution in [2.24, 2.45) is 0 Å². The average Bonchev–Trinajstić information content (AvgIpc) is 3.27. The van der Waals surface area contributed by atoms with Gasteiger partial charge in [-0.25, -0.2) is 0 Å². The Morgan fingerprint density at radius 1 is 1.19 bits per heavy atom. The van der Waals surface area contributed by atoms with Crippen molar-refractivity contribution in [3.05, 3.63) is 68.9 Å². The van der Waals surface area contributed by atoms with Gasteiger partial charge in [0.05, 0.1) is 18.4 Å². The third-order valence-electron chi connectivity index (χ3n) is 3.15. The first-order valence-electron chi connectivity index (χ1n) is 6.31. The van der Waals surface area contributed by atoms with Crippen LogP contribution in [0.4, 0.5) is 0 Å². The summed E-state index contributed by atoms with van der Waals surface area (Å²) in [4.78, 5) is 13.6. The number of nitrogens with one attached hydrogen (secondary N) is 1. The molecule has 0 aliphatic rings. The summed E-state index contributed by atoms with van der Waals surface area (Å²) in [5.74, 6) is -0.268. The zero-order chi connectivity index (χ0) is 14.7. The minimum absolute atomic E-state index is 0.109. The highest BCUT2D eigenvalue weighted by Gasteiger charge is 2.34. The van der Waals surface area contributed by atoms with Gasteiger partial charge in [-0.05, 0) is 29.0 Å². The second kappa shape index (κ2) is 5.85. The third-order valence-corrected chi connectivity index (χ3v) is 5.19. The molecule has 3 rings (SSSR count). The Kier molecular flexibility index (Phi) is 3.92. The zero-order valence-corrected chi connectivity index (χ0v) is 12.6. The van der Waals surface area contributed by atoms with Crippen LogP contribution in [0.25, 0.3) is 0 Å². The summed E-state index contributed by atoms with van der Waals surface area (Å²) in [5.41, 5.74) is -0.767. The van der Waals surface area contributed by atoms with E-state index in [1.54, 1.807) is 6.07 Å². The van der Waals surface area contributed by atoms with E-state index in [0.29, 0.717) is 5.56 Å². The van der Waals surface area contributed by atoms with E-state index in [4.69, 9.17) is 4.42 Å². The Morgan fingerprint density at radius 3 is 2.33 bits per heavy atom. The quantitative estimate of drug-likeness (QED) is 0.760. The molecule has 0 saturated carbocycles. The number of carbonyl (C=O) groups excluding carboxylic acids is 1. The van der Waals surface area contributed by atoms with Crippen molar-refractivity contribution in [3.8, 4) is 0 Å². The van der Waals surface area contributed by atoms with Crippen molar-refractivity contribution >= 4 is 28.6 Å². The second-order valence-electron chi connectivity index (χ2n) is 4.51. The number of amides is 1. The van der Waals surface area contributed by atoms with Gasteiger partial charge in [-0.2, -0.15) is 0 Å². The standard InChI is InChI=1S/C15H13NO3S2/c17-14(11-5-6-19-9-11)16-10-15(18,12-3-1-7-20-12)13-4-2-8-21-13/h1-9,18H,10H2,(H,16,17). The molecule has 0 spiro atoms. The van der Waals surface area contributed by atoms with Gasteiger partial charge in [0, 0.05) is 9.75 Å². The summed E-state index contributed by atoms with van der Waals surface area (Å²) >= 11 is 2.93. The van der Waals surface area contributed by atoms with Crippen molar-refractivity contribution < 1.29 is 14.3 Å². The molecule has 3 aromatic rings. The van der Waals surface area contributed by atoms with E-state index < -0.39 is 5.60 Å². The minimum Gasteiger partial charge on any atom is -0.472 e. The molecule has 108 valence electrons. The molecule has 4 nitrogen and oxygen atoms in total. The molecule has 1 amide bonds. The molecule has 6 heteroatoms. The van der Waals surface area contributed by atoms with Crippen molar-refractivity contribution in [2.45, 2.75) is 5.60 Å². The molecule has 0 saturated heterocycles. The molecule has 0 aliphatic heterocycles. The van der Waals surface area contributed by atoms with Crippen molar-refractivity contribution in [1.82, 2.24) is 5.32 Å². The van der Waals surface area contributed by atoms with Crippen LogP contribution >= 0.6 is 22.7 Å². The van der Waals surface area contributed by atoms with Gasteiger partial charge in [-0.15, -0.1) is 22.7 Å². The molecule has 3 heterocycles. The lowest BCUT2D eigenvalue weighted by atomic mass is 9.99. The molecule has 0 bridgehead atoms. The van der Waals surface area contributed by atoms with Crippen LogP contribution in [0.1, 0.15) is 20.1 Å². The van der Waals surface area contributed by atoms with Gasteiger partial charge in [-0.1, -0.05) is 12.1 Å². The van der Waals surface area contributed by atoms with E-state index in [2.05, 4.69) is 5.32 Å². The molecule has 0 radical (unpaired) electrons. The van der Waals surface area contributed by atoms with E-state index >= 15 is 0 Å². The SMILES string of the molecule is O=C(NCC(O)(c1cccs1)c1cccs1)c1ccoc1. The first kappa shape index (κ1) is 14.1. The topological polar surface area (TPSA) is 62.5 Å². The van der Waals surface area contributed by atoms with E-state index in [9.17, 15) is 9.90 Å². The number of thiophene rings is 2. The number of aliphatic hydroxyl groups is 1. The molecule has 21 heavy (non-hydrogen) atoms. The maximum atomic E-state index is 12.0. The summed E-state index contributed by atoms with van der Waals surface area (Å²) in [5, 5.41) is 17.6. The predicted octanol–water partition coefficient (Wildman–Crippen LogP) is 3.07.